The van der Waals surface area contributed by atoms with Gasteiger partial charge in [-0.2, -0.15) is 13.2 Å². The topological polar surface area (TPSA) is 66.3 Å². The highest BCUT2D eigenvalue weighted by Crippen LogP contribution is 2.31. The third-order valence-electron chi connectivity index (χ3n) is 3.48. The number of amides is 1. The van der Waals surface area contributed by atoms with Crippen LogP contribution in [0.15, 0.2) is 6.07 Å². The third kappa shape index (κ3) is 3.69. The van der Waals surface area contributed by atoms with Crippen molar-refractivity contribution in [1.29, 1.82) is 0 Å². The van der Waals surface area contributed by atoms with Crippen molar-refractivity contribution in [2.24, 2.45) is 0 Å². The molecule has 116 valence electrons. The summed E-state index contributed by atoms with van der Waals surface area (Å²) in [6.07, 6.45) is -3.19. The van der Waals surface area contributed by atoms with E-state index in [0.717, 1.165) is 6.07 Å². The summed E-state index contributed by atoms with van der Waals surface area (Å²) in [5.74, 6) is -0.621. The summed E-state index contributed by atoms with van der Waals surface area (Å²) < 4.78 is 38.4. The number of aryl methyl sites for hydroxylation is 1. The number of rotatable bonds is 2. The van der Waals surface area contributed by atoms with Gasteiger partial charge in [-0.05, 0) is 25.8 Å². The molecule has 1 aromatic rings. The van der Waals surface area contributed by atoms with Crippen LogP contribution in [-0.2, 0) is 11.0 Å². The molecule has 1 amide bonds. The number of piperidine rings is 1. The number of hydrogen-bond acceptors (Lipinski definition) is 4. The monoisotopic (exact) mass is 303 g/mol. The predicted molar refractivity (Wildman–Crippen MR) is 67.4 cm³/mol. The number of likely N-dealkylation sites (tertiary alicyclic amines) is 1. The number of alkyl halides is 3. The number of nitrogens with zero attached hydrogens (tertiary/aromatic N) is 3. The number of aliphatic hydroxyl groups excluding tert-OH is 1. The van der Waals surface area contributed by atoms with E-state index in [1.54, 1.807) is 0 Å². The minimum absolute atomic E-state index is 0.0606. The summed E-state index contributed by atoms with van der Waals surface area (Å²) in [5.41, 5.74) is -0.666. The van der Waals surface area contributed by atoms with Crippen molar-refractivity contribution in [3.63, 3.8) is 0 Å². The molecule has 1 atom stereocenters. The first-order valence-corrected chi connectivity index (χ1v) is 6.62. The van der Waals surface area contributed by atoms with Crippen LogP contribution < -0.4 is 0 Å². The fourth-order valence-corrected chi connectivity index (χ4v) is 2.49. The smallest absolute Gasteiger partial charge is 0.387 e. The Hall–Kier alpha value is -1.70. The molecular formula is C13H16F3N3O2. The van der Waals surface area contributed by atoms with Gasteiger partial charge in [-0.25, -0.2) is 9.97 Å². The molecule has 2 heterocycles. The van der Waals surface area contributed by atoms with E-state index in [-0.39, 0.29) is 18.3 Å². The zero-order valence-corrected chi connectivity index (χ0v) is 11.5. The number of aromatic nitrogens is 2. The molecule has 1 aromatic heterocycles. The van der Waals surface area contributed by atoms with Crippen molar-refractivity contribution in [3.8, 4) is 0 Å². The second-order valence-corrected chi connectivity index (χ2v) is 5.06. The van der Waals surface area contributed by atoms with Gasteiger partial charge in [0, 0.05) is 24.7 Å². The van der Waals surface area contributed by atoms with Crippen molar-refractivity contribution < 1.29 is 23.1 Å². The lowest BCUT2D eigenvalue weighted by Crippen LogP contribution is -2.40. The van der Waals surface area contributed by atoms with Crippen molar-refractivity contribution in [2.45, 2.75) is 31.9 Å². The molecule has 5 nitrogen and oxygen atoms in total. The Bertz CT molecular complexity index is 534. The quantitative estimate of drug-likeness (QED) is 0.899. The van der Waals surface area contributed by atoms with Crippen LogP contribution in [-0.4, -0.2) is 45.6 Å². The second-order valence-electron chi connectivity index (χ2n) is 5.06. The number of carbonyl (C=O) groups is 1. The Morgan fingerprint density at radius 1 is 1.48 bits per heavy atom. The Morgan fingerprint density at radius 3 is 2.81 bits per heavy atom. The maximum atomic E-state index is 12.8. The lowest BCUT2D eigenvalue weighted by Gasteiger charge is -2.32. The van der Waals surface area contributed by atoms with Gasteiger partial charge in [0.15, 0.2) is 0 Å². The molecule has 1 aliphatic rings. The first-order valence-electron chi connectivity index (χ1n) is 6.62. The molecule has 1 aliphatic heterocycles. The van der Waals surface area contributed by atoms with Crippen LogP contribution in [0, 0.1) is 6.92 Å². The van der Waals surface area contributed by atoms with E-state index in [9.17, 15) is 18.0 Å². The number of aliphatic hydroxyl groups is 1. The molecule has 1 N–H and O–H groups in total. The van der Waals surface area contributed by atoms with Crippen LogP contribution in [0.25, 0.3) is 0 Å². The van der Waals surface area contributed by atoms with E-state index >= 15 is 0 Å². The number of halogens is 3. The number of carbonyl (C=O) groups excluding carboxylic acids is 1. The Labute approximate surface area is 119 Å². The normalized spacial score (nSPS) is 19.7. The SMILES string of the molecule is Cc1nc([C@@H]2CCCN(C(=O)CO)C2)cc(C(F)(F)F)n1. The Morgan fingerprint density at radius 2 is 2.19 bits per heavy atom. The molecule has 0 aliphatic carbocycles. The highest BCUT2D eigenvalue weighted by Gasteiger charge is 2.34. The molecule has 0 radical (unpaired) electrons. The van der Waals surface area contributed by atoms with Gasteiger partial charge >= 0.3 is 6.18 Å². The largest absolute Gasteiger partial charge is 0.433 e. The van der Waals surface area contributed by atoms with Crippen molar-refractivity contribution in [3.05, 3.63) is 23.3 Å². The summed E-state index contributed by atoms with van der Waals surface area (Å²) in [5, 5.41) is 8.87. The molecule has 1 saturated heterocycles. The number of hydrogen-bond donors (Lipinski definition) is 1. The summed E-state index contributed by atoms with van der Waals surface area (Å²) >= 11 is 0. The zero-order valence-electron chi connectivity index (χ0n) is 11.5. The van der Waals surface area contributed by atoms with Crippen molar-refractivity contribution >= 4 is 5.91 Å². The predicted octanol–water partition coefficient (Wildman–Crippen LogP) is 1.50. The van der Waals surface area contributed by atoms with Gasteiger partial charge in [-0.15, -0.1) is 0 Å². The van der Waals surface area contributed by atoms with E-state index < -0.39 is 24.4 Å². The van der Waals surface area contributed by atoms with Crippen LogP contribution in [0.3, 0.4) is 0 Å². The molecule has 0 unspecified atom stereocenters. The molecule has 2 rings (SSSR count). The minimum atomic E-state index is -4.52. The lowest BCUT2D eigenvalue weighted by molar-refractivity contribution is -0.141. The molecule has 0 bridgehead atoms. The summed E-state index contributed by atoms with van der Waals surface area (Å²) in [6.45, 7) is 1.60. The Balaban J connectivity index is 2.25. The van der Waals surface area contributed by atoms with Gasteiger partial charge in [-0.1, -0.05) is 0 Å². The van der Waals surface area contributed by atoms with E-state index in [4.69, 9.17) is 5.11 Å². The molecule has 8 heteroatoms. The van der Waals surface area contributed by atoms with Crippen LogP contribution >= 0.6 is 0 Å². The standard InChI is InChI=1S/C13H16F3N3O2/c1-8-17-10(5-11(18-8)13(14,15)16)9-3-2-4-19(6-9)12(21)7-20/h5,9,20H,2-4,6-7H2,1H3/t9-/m1/s1. The highest BCUT2D eigenvalue weighted by atomic mass is 19.4. The highest BCUT2D eigenvalue weighted by molar-refractivity contribution is 5.77. The Kier molecular flexibility index (Phi) is 4.46. The van der Waals surface area contributed by atoms with Gasteiger partial charge in [0.05, 0.1) is 0 Å². The van der Waals surface area contributed by atoms with Crippen LogP contribution in [0.2, 0.25) is 0 Å². The summed E-state index contributed by atoms with van der Waals surface area (Å²) in [4.78, 5) is 20.4. The van der Waals surface area contributed by atoms with E-state index in [0.29, 0.717) is 25.1 Å². The van der Waals surface area contributed by atoms with Crippen molar-refractivity contribution in [1.82, 2.24) is 14.9 Å². The summed E-state index contributed by atoms with van der Waals surface area (Å²) in [7, 11) is 0. The average Bonchev–Trinajstić information content (AvgIpc) is 2.45. The molecule has 0 spiro atoms. The molecule has 0 saturated carbocycles. The van der Waals surface area contributed by atoms with Crippen LogP contribution in [0.5, 0.6) is 0 Å². The summed E-state index contributed by atoms with van der Waals surface area (Å²) in [6, 6.07) is 0.949. The average molecular weight is 303 g/mol. The van der Waals surface area contributed by atoms with Gasteiger partial charge in [0.25, 0.3) is 0 Å². The maximum absolute atomic E-state index is 12.8. The van der Waals surface area contributed by atoms with E-state index in [1.807, 2.05) is 0 Å². The zero-order chi connectivity index (χ0) is 15.6. The van der Waals surface area contributed by atoms with Gasteiger partial charge in [-0.3, -0.25) is 4.79 Å². The van der Waals surface area contributed by atoms with Gasteiger partial charge in [0.1, 0.15) is 18.1 Å². The third-order valence-corrected chi connectivity index (χ3v) is 3.48. The molecule has 0 aromatic carbocycles. The van der Waals surface area contributed by atoms with Gasteiger partial charge < -0.3 is 10.0 Å². The maximum Gasteiger partial charge on any atom is 0.433 e. The van der Waals surface area contributed by atoms with E-state index in [1.165, 1.54) is 11.8 Å². The lowest BCUT2D eigenvalue weighted by atomic mass is 9.94. The van der Waals surface area contributed by atoms with Gasteiger partial charge in [0.2, 0.25) is 5.91 Å². The minimum Gasteiger partial charge on any atom is -0.387 e. The van der Waals surface area contributed by atoms with Crippen molar-refractivity contribution in [2.75, 3.05) is 19.7 Å². The molecular weight excluding hydrogens is 287 g/mol. The second kappa shape index (κ2) is 5.97. The fraction of sp³-hybridized carbons (Fsp3) is 0.615. The van der Waals surface area contributed by atoms with E-state index in [2.05, 4.69) is 9.97 Å². The molecule has 1 fully saturated rings. The van der Waals surface area contributed by atoms with Crippen LogP contribution in [0.1, 0.15) is 36.0 Å². The first kappa shape index (κ1) is 15.7. The molecule has 21 heavy (non-hydrogen) atoms. The fourth-order valence-electron chi connectivity index (χ4n) is 2.49. The van der Waals surface area contributed by atoms with Crippen LogP contribution in [0.4, 0.5) is 13.2 Å². The first-order chi connectivity index (χ1) is 9.81.